The first kappa shape index (κ1) is 15.3. The molecule has 0 radical (unpaired) electrons. The van der Waals surface area contributed by atoms with Gasteiger partial charge in [0.15, 0.2) is 0 Å². The fourth-order valence-electron chi connectivity index (χ4n) is 1.66. The summed E-state index contributed by atoms with van der Waals surface area (Å²) in [4.78, 5) is 11.9. The molecule has 7 nitrogen and oxygen atoms in total. The van der Waals surface area contributed by atoms with Crippen molar-refractivity contribution in [2.24, 2.45) is 0 Å². The Kier molecular flexibility index (Phi) is 5.18. The number of sulfonamides is 1. The normalized spacial score (nSPS) is 11.3. The summed E-state index contributed by atoms with van der Waals surface area (Å²) in [6.45, 7) is 2.88. The van der Waals surface area contributed by atoms with Crippen molar-refractivity contribution < 1.29 is 8.42 Å². The zero-order chi connectivity index (χ0) is 15.1. The van der Waals surface area contributed by atoms with Gasteiger partial charge < -0.3 is 5.32 Å². The van der Waals surface area contributed by atoms with E-state index >= 15 is 0 Å². The SMILES string of the molecule is CCNc1ncc(S(=O)(=O)NCCc2cccnc2)cn1. The molecule has 2 N–H and O–H groups in total. The summed E-state index contributed by atoms with van der Waals surface area (Å²) in [6, 6.07) is 3.72. The fourth-order valence-corrected chi connectivity index (χ4v) is 2.58. The summed E-state index contributed by atoms with van der Waals surface area (Å²) in [6.07, 6.45) is 6.54. The minimum absolute atomic E-state index is 0.0512. The molecule has 0 saturated heterocycles. The second-order valence-electron chi connectivity index (χ2n) is 4.28. The van der Waals surface area contributed by atoms with Crippen LogP contribution in [0.25, 0.3) is 0 Å². The molecule has 0 amide bonds. The Morgan fingerprint density at radius 1 is 1.19 bits per heavy atom. The number of nitrogens with zero attached hydrogens (tertiary/aromatic N) is 3. The molecule has 0 spiro atoms. The van der Waals surface area contributed by atoms with Gasteiger partial charge in [-0.15, -0.1) is 0 Å². The van der Waals surface area contributed by atoms with Gasteiger partial charge >= 0.3 is 0 Å². The highest BCUT2D eigenvalue weighted by Gasteiger charge is 2.14. The van der Waals surface area contributed by atoms with E-state index in [-0.39, 0.29) is 4.90 Å². The van der Waals surface area contributed by atoms with Crippen molar-refractivity contribution in [3.63, 3.8) is 0 Å². The van der Waals surface area contributed by atoms with Gasteiger partial charge in [0.1, 0.15) is 4.90 Å². The Morgan fingerprint density at radius 3 is 2.57 bits per heavy atom. The maximum absolute atomic E-state index is 12.1. The van der Waals surface area contributed by atoms with Crippen LogP contribution in [0.2, 0.25) is 0 Å². The molecule has 0 fully saturated rings. The van der Waals surface area contributed by atoms with Gasteiger partial charge in [-0.1, -0.05) is 6.07 Å². The lowest BCUT2D eigenvalue weighted by atomic mass is 10.2. The van der Waals surface area contributed by atoms with Crippen molar-refractivity contribution in [1.29, 1.82) is 0 Å². The van der Waals surface area contributed by atoms with E-state index in [1.165, 1.54) is 12.4 Å². The molecule has 2 rings (SSSR count). The molecule has 0 saturated carbocycles. The van der Waals surface area contributed by atoms with Crippen molar-refractivity contribution in [2.75, 3.05) is 18.4 Å². The minimum atomic E-state index is -3.59. The molecule has 0 unspecified atom stereocenters. The zero-order valence-electron chi connectivity index (χ0n) is 11.7. The van der Waals surface area contributed by atoms with E-state index in [2.05, 4.69) is 25.0 Å². The molecule has 8 heteroatoms. The lowest BCUT2D eigenvalue weighted by Gasteiger charge is -2.07. The van der Waals surface area contributed by atoms with E-state index in [0.717, 1.165) is 5.56 Å². The average molecular weight is 307 g/mol. The summed E-state index contributed by atoms with van der Waals surface area (Å²) in [7, 11) is -3.59. The molecular weight excluding hydrogens is 290 g/mol. The van der Waals surface area contributed by atoms with Gasteiger partial charge in [0.25, 0.3) is 0 Å². The Bertz CT molecular complexity index is 659. The highest BCUT2D eigenvalue weighted by Crippen LogP contribution is 2.07. The third-order valence-corrected chi connectivity index (χ3v) is 4.12. The van der Waals surface area contributed by atoms with Gasteiger partial charge in [-0.3, -0.25) is 4.98 Å². The molecule has 0 bridgehead atoms. The zero-order valence-corrected chi connectivity index (χ0v) is 12.5. The van der Waals surface area contributed by atoms with Crippen LogP contribution in [0.4, 0.5) is 5.95 Å². The first-order chi connectivity index (χ1) is 10.1. The Balaban J connectivity index is 1.95. The van der Waals surface area contributed by atoms with Crippen molar-refractivity contribution >= 4 is 16.0 Å². The summed E-state index contributed by atoms with van der Waals surface area (Å²) in [5, 5.41) is 2.91. The number of hydrogen-bond acceptors (Lipinski definition) is 6. The number of rotatable bonds is 7. The van der Waals surface area contributed by atoms with Crippen LogP contribution in [-0.4, -0.2) is 36.5 Å². The quantitative estimate of drug-likeness (QED) is 0.786. The number of hydrogen-bond donors (Lipinski definition) is 2. The fraction of sp³-hybridized carbons (Fsp3) is 0.308. The van der Waals surface area contributed by atoms with Crippen LogP contribution in [0.1, 0.15) is 12.5 Å². The molecule has 112 valence electrons. The van der Waals surface area contributed by atoms with Crippen molar-refractivity contribution in [3.8, 4) is 0 Å². The van der Waals surface area contributed by atoms with Crippen molar-refractivity contribution in [3.05, 3.63) is 42.5 Å². The van der Waals surface area contributed by atoms with E-state index in [9.17, 15) is 8.42 Å². The molecule has 21 heavy (non-hydrogen) atoms. The predicted octanol–water partition coefficient (Wildman–Crippen LogP) is 0.824. The Morgan fingerprint density at radius 2 is 1.95 bits per heavy atom. The third-order valence-electron chi connectivity index (χ3n) is 2.70. The smallest absolute Gasteiger partial charge is 0.243 e. The van der Waals surface area contributed by atoms with Gasteiger partial charge in [0.05, 0.1) is 12.4 Å². The van der Waals surface area contributed by atoms with E-state index in [1.54, 1.807) is 12.4 Å². The van der Waals surface area contributed by atoms with E-state index in [4.69, 9.17) is 0 Å². The Hall–Kier alpha value is -2.06. The first-order valence-electron chi connectivity index (χ1n) is 6.56. The molecule has 0 aromatic carbocycles. The topological polar surface area (TPSA) is 96.9 Å². The van der Waals surface area contributed by atoms with Gasteiger partial charge in [-0.05, 0) is 25.0 Å². The highest BCUT2D eigenvalue weighted by molar-refractivity contribution is 7.89. The molecule has 2 heterocycles. The molecule has 0 aliphatic carbocycles. The molecule has 0 aliphatic rings. The summed E-state index contributed by atoms with van der Waals surface area (Å²) in [5.74, 6) is 0.409. The summed E-state index contributed by atoms with van der Waals surface area (Å²) >= 11 is 0. The van der Waals surface area contributed by atoms with Crippen molar-refractivity contribution in [1.82, 2.24) is 19.7 Å². The molecular formula is C13H17N5O2S. The second-order valence-corrected chi connectivity index (χ2v) is 6.05. The second kappa shape index (κ2) is 7.09. The lowest BCUT2D eigenvalue weighted by Crippen LogP contribution is -2.26. The van der Waals surface area contributed by atoms with Crippen LogP contribution in [0.3, 0.4) is 0 Å². The highest BCUT2D eigenvalue weighted by atomic mass is 32.2. The monoisotopic (exact) mass is 307 g/mol. The van der Waals surface area contributed by atoms with Crippen LogP contribution in [0.5, 0.6) is 0 Å². The van der Waals surface area contributed by atoms with Crippen LogP contribution in [0, 0.1) is 0 Å². The van der Waals surface area contributed by atoms with Crippen LogP contribution in [0.15, 0.2) is 41.8 Å². The standard InChI is InChI=1S/C13H17N5O2S/c1-2-15-13-16-9-12(10-17-13)21(19,20)18-7-5-11-4-3-6-14-8-11/h3-4,6,8-10,18H,2,5,7H2,1H3,(H,15,16,17). The third kappa shape index (κ3) is 4.47. The van der Waals surface area contributed by atoms with E-state index in [0.29, 0.717) is 25.5 Å². The Labute approximate surface area is 123 Å². The molecule has 2 aromatic heterocycles. The van der Waals surface area contributed by atoms with Crippen LogP contribution < -0.4 is 10.0 Å². The van der Waals surface area contributed by atoms with Crippen LogP contribution >= 0.6 is 0 Å². The molecule has 0 atom stereocenters. The average Bonchev–Trinajstić information content (AvgIpc) is 2.49. The van der Waals surface area contributed by atoms with E-state index < -0.39 is 10.0 Å². The van der Waals surface area contributed by atoms with Gasteiger partial charge in [0, 0.05) is 25.5 Å². The predicted molar refractivity (Wildman–Crippen MR) is 79.3 cm³/mol. The number of nitrogens with one attached hydrogen (secondary N) is 2. The molecule has 2 aromatic rings. The first-order valence-corrected chi connectivity index (χ1v) is 8.04. The number of aromatic nitrogens is 3. The minimum Gasteiger partial charge on any atom is -0.355 e. The number of pyridine rings is 1. The van der Waals surface area contributed by atoms with Gasteiger partial charge in [0.2, 0.25) is 16.0 Å². The maximum atomic E-state index is 12.1. The number of anilines is 1. The van der Waals surface area contributed by atoms with Gasteiger partial charge in [-0.25, -0.2) is 23.1 Å². The summed E-state index contributed by atoms with van der Waals surface area (Å²) in [5.41, 5.74) is 0.971. The summed E-state index contributed by atoms with van der Waals surface area (Å²) < 4.78 is 26.6. The van der Waals surface area contributed by atoms with Crippen LogP contribution in [-0.2, 0) is 16.4 Å². The molecule has 0 aliphatic heterocycles. The van der Waals surface area contributed by atoms with E-state index in [1.807, 2.05) is 19.1 Å². The maximum Gasteiger partial charge on any atom is 0.243 e. The largest absolute Gasteiger partial charge is 0.355 e. The lowest BCUT2D eigenvalue weighted by molar-refractivity contribution is 0.580. The van der Waals surface area contributed by atoms with Gasteiger partial charge in [-0.2, -0.15) is 0 Å². The van der Waals surface area contributed by atoms with Crippen molar-refractivity contribution in [2.45, 2.75) is 18.2 Å².